The number of hydrogen-bond acceptors (Lipinski definition) is 5. The molecule has 5 nitrogen and oxygen atoms in total. The number of likely N-dealkylation sites (tertiary alicyclic amines) is 1. The zero-order valence-corrected chi connectivity index (χ0v) is 18.8. The van der Waals surface area contributed by atoms with Crippen LogP contribution in [0.15, 0.2) is 36.4 Å². The number of amides is 1. The van der Waals surface area contributed by atoms with Crippen molar-refractivity contribution in [2.24, 2.45) is 0 Å². The van der Waals surface area contributed by atoms with Gasteiger partial charge in [0.1, 0.15) is 0 Å². The van der Waals surface area contributed by atoms with Crippen LogP contribution in [0, 0.1) is 0 Å². The summed E-state index contributed by atoms with van der Waals surface area (Å²) in [5, 5.41) is 1.50. The Balaban J connectivity index is 1.54. The van der Waals surface area contributed by atoms with Crippen LogP contribution in [-0.2, 0) is 0 Å². The molecule has 4 rings (SSSR count). The Kier molecular flexibility index (Phi) is 6.44. The van der Waals surface area contributed by atoms with Gasteiger partial charge in [0.15, 0.2) is 11.5 Å². The molecule has 3 aromatic rings. The van der Waals surface area contributed by atoms with E-state index in [2.05, 4.69) is 6.07 Å². The number of nitrogens with zero attached hydrogens (tertiary/aromatic N) is 2. The second-order valence-corrected chi connectivity index (χ2v) is 8.92. The molecule has 0 aliphatic carbocycles. The summed E-state index contributed by atoms with van der Waals surface area (Å²) in [5.74, 6) is 1.19. The molecule has 1 aliphatic heterocycles. The number of methoxy groups -OCH3 is 1. The van der Waals surface area contributed by atoms with E-state index in [1.54, 1.807) is 30.6 Å². The Bertz CT molecular complexity index is 1020. The predicted octanol–water partition coefficient (Wildman–Crippen LogP) is 5.77. The summed E-state index contributed by atoms with van der Waals surface area (Å²) < 4.78 is 12.3. The zero-order valence-electron chi connectivity index (χ0n) is 17.2. The van der Waals surface area contributed by atoms with E-state index in [-0.39, 0.29) is 11.8 Å². The van der Waals surface area contributed by atoms with Gasteiger partial charge in [-0.05, 0) is 43.5 Å². The highest BCUT2D eigenvalue weighted by Crippen LogP contribution is 2.38. The molecule has 0 N–H and O–H groups in total. The number of piperidine rings is 1. The lowest BCUT2D eigenvalue weighted by Crippen LogP contribution is -2.39. The summed E-state index contributed by atoms with van der Waals surface area (Å²) in [6, 6.07) is 11.6. The number of fused-ring (bicyclic) bond motifs is 1. The molecule has 1 aromatic heterocycles. The maximum Gasteiger partial charge on any atom is 0.254 e. The van der Waals surface area contributed by atoms with Gasteiger partial charge in [0, 0.05) is 24.6 Å². The van der Waals surface area contributed by atoms with Gasteiger partial charge in [-0.2, -0.15) is 0 Å². The Morgan fingerprint density at radius 2 is 2.17 bits per heavy atom. The summed E-state index contributed by atoms with van der Waals surface area (Å²) in [7, 11) is 1.56. The van der Waals surface area contributed by atoms with Gasteiger partial charge in [0.25, 0.3) is 5.91 Å². The largest absolute Gasteiger partial charge is 0.493 e. The average Bonchev–Trinajstić information content (AvgIpc) is 3.22. The first-order chi connectivity index (χ1) is 14.6. The van der Waals surface area contributed by atoms with Crippen LogP contribution in [0.25, 0.3) is 10.2 Å². The highest BCUT2D eigenvalue weighted by atomic mass is 35.5. The minimum Gasteiger partial charge on any atom is -0.493 e. The smallest absolute Gasteiger partial charge is 0.254 e. The summed E-state index contributed by atoms with van der Waals surface area (Å²) in [4.78, 5) is 20.0. The molecular formula is C23H25ClN2O3S. The van der Waals surface area contributed by atoms with Crippen molar-refractivity contribution in [1.82, 2.24) is 9.88 Å². The number of carbonyl (C=O) groups excluding carboxylic acids is 1. The van der Waals surface area contributed by atoms with E-state index < -0.39 is 0 Å². The highest BCUT2D eigenvalue weighted by Gasteiger charge is 2.28. The number of rotatable bonds is 6. The second-order valence-electron chi connectivity index (χ2n) is 7.45. The molecule has 1 aliphatic rings. The number of carbonyl (C=O) groups is 1. The lowest BCUT2D eigenvalue weighted by atomic mass is 9.98. The normalized spacial score (nSPS) is 16.6. The summed E-state index contributed by atoms with van der Waals surface area (Å²) in [5.41, 5.74) is 1.55. The van der Waals surface area contributed by atoms with Crippen molar-refractivity contribution in [2.75, 3.05) is 26.8 Å². The van der Waals surface area contributed by atoms with Crippen LogP contribution >= 0.6 is 22.9 Å². The fourth-order valence-electron chi connectivity index (χ4n) is 3.80. The van der Waals surface area contributed by atoms with E-state index in [4.69, 9.17) is 26.1 Å². The zero-order chi connectivity index (χ0) is 21.1. The van der Waals surface area contributed by atoms with Crippen molar-refractivity contribution in [3.8, 4) is 11.5 Å². The van der Waals surface area contributed by atoms with Crippen LogP contribution in [0.1, 0.15) is 47.5 Å². The van der Waals surface area contributed by atoms with Gasteiger partial charge in [-0.15, -0.1) is 11.3 Å². The highest BCUT2D eigenvalue weighted by molar-refractivity contribution is 7.18. The van der Waals surface area contributed by atoms with Crippen LogP contribution in [0.4, 0.5) is 0 Å². The summed E-state index contributed by atoms with van der Waals surface area (Å²) in [6.45, 7) is 3.96. The number of para-hydroxylation sites is 1. The molecule has 0 bridgehead atoms. The van der Waals surface area contributed by atoms with Gasteiger partial charge in [-0.25, -0.2) is 4.98 Å². The molecule has 158 valence electrons. The fraction of sp³-hybridized carbons (Fsp3) is 0.391. The lowest BCUT2D eigenvalue weighted by Gasteiger charge is -2.32. The van der Waals surface area contributed by atoms with Crippen LogP contribution in [-0.4, -0.2) is 42.6 Å². The molecular weight excluding hydrogens is 420 g/mol. The van der Waals surface area contributed by atoms with E-state index >= 15 is 0 Å². The average molecular weight is 445 g/mol. The number of halogens is 1. The Hall–Kier alpha value is -2.31. The number of ether oxygens (including phenoxy) is 2. The first-order valence-electron chi connectivity index (χ1n) is 10.3. The van der Waals surface area contributed by atoms with Crippen molar-refractivity contribution in [3.63, 3.8) is 0 Å². The Morgan fingerprint density at radius 1 is 1.33 bits per heavy atom. The standard InChI is InChI=1S/C23H25ClN2O3S/c1-3-11-29-21-17(24)12-16(13-19(21)28-2)23(27)26-10-6-7-15(14-26)22-25-18-8-4-5-9-20(18)30-22/h4-5,8-9,12-13,15H,3,6-7,10-11,14H2,1-2H3. The maximum absolute atomic E-state index is 13.2. The summed E-state index contributed by atoms with van der Waals surface area (Å²) >= 11 is 8.14. The molecule has 0 radical (unpaired) electrons. The number of thiazole rings is 1. The molecule has 1 unspecified atom stereocenters. The van der Waals surface area contributed by atoms with Gasteiger partial charge in [0.2, 0.25) is 0 Å². The lowest BCUT2D eigenvalue weighted by molar-refractivity contribution is 0.0706. The molecule has 2 heterocycles. The Morgan fingerprint density at radius 3 is 2.93 bits per heavy atom. The van der Waals surface area contributed by atoms with Crippen molar-refractivity contribution in [2.45, 2.75) is 32.1 Å². The quantitative estimate of drug-likeness (QED) is 0.484. The van der Waals surface area contributed by atoms with Gasteiger partial charge < -0.3 is 14.4 Å². The van der Waals surface area contributed by atoms with E-state index in [1.165, 1.54) is 4.70 Å². The summed E-state index contributed by atoms with van der Waals surface area (Å²) in [6.07, 6.45) is 2.85. The van der Waals surface area contributed by atoms with E-state index in [0.717, 1.165) is 36.3 Å². The minimum absolute atomic E-state index is 0.0388. The fourth-order valence-corrected chi connectivity index (χ4v) is 5.16. The van der Waals surface area contributed by atoms with Crippen molar-refractivity contribution in [1.29, 1.82) is 0 Å². The topological polar surface area (TPSA) is 51.7 Å². The molecule has 2 aromatic carbocycles. The molecule has 1 saturated heterocycles. The van der Waals surface area contributed by atoms with Gasteiger partial charge >= 0.3 is 0 Å². The predicted molar refractivity (Wildman–Crippen MR) is 121 cm³/mol. The first-order valence-corrected chi connectivity index (χ1v) is 11.4. The SMILES string of the molecule is CCCOc1c(Cl)cc(C(=O)N2CCCC(c3nc4ccccc4s3)C2)cc1OC. The molecule has 7 heteroatoms. The first kappa shape index (κ1) is 20.9. The Labute approximate surface area is 185 Å². The third kappa shape index (κ3) is 4.25. The number of benzene rings is 2. The number of aromatic nitrogens is 1. The van der Waals surface area contributed by atoms with Gasteiger partial charge in [0.05, 0.1) is 34.0 Å². The second kappa shape index (κ2) is 9.23. The molecule has 0 saturated carbocycles. The monoisotopic (exact) mass is 444 g/mol. The van der Waals surface area contributed by atoms with Gasteiger partial charge in [-0.1, -0.05) is 30.7 Å². The van der Waals surface area contributed by atoms with E-state index in [1.807, 2.05) is 30.0 Å². The molecule has 0 spiro atoms. The molecule has 30 heavy (non-hydrogen) atoms. The van der Waals surface area contributed by atoms with Crippen LogP contribution < -0.4 is 9.47 Å². The van der Waals surface area contributed by atoms with Crippen LogP contribution in [0.3, 0.4) is 0 Å². The number of hydrogen-bond donors (Lipinski definition) is 0. The third-order valence-corrected chi connectivity index (χ3v) is 6.77. The maximum atomic E-state index is 13.2. The van der Waals surface area contributed by atoms with Crippen molar-refractivity contribution < 1.29 is 14.3 Å². The van der Waals surface area contributed by atoms with Crippen molar-refractivity contribution in [3.05, 3.63) is 52.0 Å². The molecule has 1 fully saturated rings. The van der Waals surface area contributed by atoms with Crippen molar-refractivity contribution >= 4 is 39.1 Å². The molecule has 1 amide bonds. The van der Waals surface area contributed by atoms with Gasteiger partial charge in [-0.3, -0.25) is 4.79 Å². The van der Waals surface area contributed by atoms with Crippen LogP contribution in [0.2, 0.25) is 5.02 Å². The van der Waals surface area contributed by atoms with Crippen LogP contribution in [0.5, 0.6) is 11.5 Å². The molecule has 1 atom stereocenters. The van der Waals surface area contributed by atoms with E-state index in [0.29, 0.717) is 35.2 Å². The minimum atomic E-state index is -0.0388. The third-order valence-electron chi connectivity index (χ3n) is 5.30. The van der Waals surface area contributed by atoms with E-state index in [9.17, 15) is 4.79 Å².